The van der Waals surface area contributed by atoms with Gasteiger partial charge in [0.25, 0.3) is 21.8 Å². The molecule has 0 radical (unpaired) electrons. The number of aryl methyl sites for hydroxylation is 3. The third kappa shape index (κ3) is 9.02. The van der Waals surface area contributed by atoms with Gasteiger partial charge >= 0.3 is 0 Å². The maximum atomic E-state index is 13.9. The fourth-order valence-electron chi connectivity index (χ4n) is 6.75. The molecular weight excluding hydrogens is 767 g/mol. The second kappa shape index (κ2) is 17.2. The van der Waals surface area contributed by atoms with Crippen molar-refractivity contribution in [1.29, 1.82) is 0 Å². The summed E-state index contributed by atoms with van der Waals surface area (Å²) in [5.74, 6) is -1.13. The highest BCUT2D eigenvalue weighted by molar-refractivity contribution is 7.90. The first-order valence-electron chi connectivity index (χ1n) is 18.3. The summed E-state index contributed by atoms with van der Waals surface area (Å²) in [6, 6.07) is 27.4. The highest BCUT2D eigenvalue weighted by Gasteiger charge is 2.29. The topological polar surface area (TPSA) is 154 Å². The van der Waals surface area contributed by atoms with Crippen LogP contribution in [0, 0.1) is 4.91 Å². The second-order valence-corrected chi connectivity index (χ2v) is 17.7. The first-order chi connectivity index (χ1) is 27.1. The fraction of sp³-hybridized carbons (Fsp3) is 0.268. The van der Waals surface area contributed by atoms with Crippen LogP contribution in [0.1, 0.15) is 60.8 Å². The molecule has 0 unspecified atom stereocenters. The van der Waals surface area contributed by atoms with Crippen molar-refractivity contribution in [3.63, 3.8) is 0 Å². The van der Waals surface area contributed by atoms with E-state index in [2.05, 4.69) is 25.1 Å². The van der Waals surface area contributed by atoms with E-state index in [1.807, 2.05) is 85.7 Å². The normalized spacial score (nSPS) is 12.8. The maximum Gasteiger partial charge on any atom is 0.284 e. The first-order valence-corrected chi connectivity index (χ1v) is 21.4. The Kier molecular flexibility index (Phi) is 12.0. The van der Waals surface area contributed by atoms with Crippen molar-refractivity contribution in [3.8, 4) is 0 Å². The molecule has 1 aliphatic heterocycles. The minimum absolute atomic E-state index is 0.0171. The number of nitroso groups, excluding NO2 is 1. The monoisotopic (exact) mass is 807 g/mol. The average molecular weight is 808 g/mol. The van der Waals surface area contributed by atoms with E-state index in [1.165, 1.54) is 34.8 Å². The number of amides is 2. The summed E-state index contributed by atoms with van der Waals surface area (Å²) in [5.41, 5.74) is 5.01. The predicted octanol–water partition coefficient (Wildman–Crippen LogP) is 7.75. The number of sulfonamides is 1. The summed E-state index contributed by atoms with van der Waals surface area (Å²) in [5, 5.41) is 7.14. The lowest BCUT2D eigenvalue weighted by atomic mass is 9.94. The second-order valence-electron chi connectivity index (χ2n) is 13.9. The SMILES string of the molecule is CN(C)CCCCc1ccc(S(=O)(=O)NC(=O)c2nc(N3CCc4cccc(C(=O)Nc5nc6ccccc6s5)c4C3)sc2CCc2ccccc2)cc1N=O. The predicted molar refractivity (Wildman–Crippen MR) is 223 cm³/mol. The number of benzene rings is 4. The zero-order chi connectivity index (χ0) is 39.2. The lowest BCUT2D eigenvalue weighted by molar-refractivity contribution is 0.0975. The van der Waals surface area contributed by atoms with E-state index in [1.54, 1.807) is 12.1 Å². The molecule has 0 saturated carbocycles. The molecule has 56 heavy (non-hydrogen) atoms. The minimum Gasteiger partial charge on any atom is -0.343 e. The van der Waals surface area contributed by atoms with Gasteiger partial charge in [0.2, 0.25) is 0 Å². The van der Waals surface area contributed by atoms with Gasteiger partial charge in [0, 0.05) is 23.5 Å². The molecule has 0 saturated heterocycles. The zero-order valence-corrected chi connectivity index (χ0v) is 33.5. The van der Waals surface area contributed by atoms with E-state index in [9.17, 15) is 22.9 Å². The molecule has 0 atom stereocenters. The van der Waals surface area contributed by atoms with Crippen LogP contribution in [-0.4, -0.2) is 62.3 Å². The lowest BCUT2D eigenvalue weighted by Gasteiger charge is -2.29. The summed E-state index contributed by atoms with van der Waals surface area (Å²) in [6.45, 7) is 1.85. The molecule has 2 amide bonds. The summed E-state index contributed by atoms with van der Waals surface area (Å²) < 4.78 is 30.4. The Hall–Kier alpha value is -5.35. The first kappa shape index (κ1) is 38.9. The summed E-state index contributed by atoms with van der Waals surface area (Å²) in [6.07, 6.45) is 4.00. The Morgan fingerprint density at radius 2 is 1.68 bits per heavy atom. The van der Waals surface area contributed by atoms with Gasteiger partial charge in [-0.2, -0.15) is 0 Å². The Bertz CT molecular complexity index is 2470. The molecule has 7 rings (SSSR count). The van der Waals surface area contributed by atoms with E-state index in [-0.39, 0.29) is 22.2 Å². The minimum atomic E-state index is -4.39. The van der Waals surface area contributed by atoms with E-state index in [0.717, 1.165) is 46.3 Å². The third-order valence-electron chi connectivity index (χ3n) is 9.68. The Labute approximate surface area is 333 Å². The van der Waals surface area contributed by atoms with Gasteiger partial charge in [0.15, 0.2) is 10.3 Å². The molecule has 2 aromatic heterocycles. The van der Waals surface area contributed by atoms with Crippen molar-refractivity contribution in [2.75, 3.05) is 37.4 Å². The smallest absolute Gasteiger partial charge is 0.284 e. The van der Waals surface area contributed by atoms with Crippen molar-refractivity contribution in [2.45, 2.75) is 50.0 Å². The van der Waals surface area contributed by atoms with Crippen LogP contribution >= 0.6 is 22.7 Å². The number of aromatic nitrogens is 2. The number of anilines is 2. The van der Waals surface area contributed by atoms with E-state index >= 15 is 0 Å². The highest BCUT2D eigenvalue weighted by atomic mass is 32.2. The number of thiazole rings is 2. The zero-order valence-electron chi connectivity index (χ0n) is 31.0. The number of rotatable bonds is 15. The van der Waals surface area contributed by atoms with Crippen LogP contribution in [0.5, 0.6) is 0 Å². The molecule has 0 aliphatic carbocycles. The molecule has 288 valence electrons. The number of hydrogen-bond acceptors (Lipinski definition) is 12. The Morgan fingerprint density at radius 3 is 2.46 bits per heavy atom. The number of nitrogens with zero attached hydrogens (tertiary/aromatic N) is 5. The van der Waals surface area contributed by atoms with Crippen LogP contribution in [0.2, 0.25) is 0 Å². The van der Waals surface area contributed by atoms with Crippen LogP contribution in [0.4, 0.5) is 16.0 Å². The van der Waals surface area contributed by atoms with Crippen molar-refractivity contribution < 1.29 is 18.0 Å². The van der Waals surface area contributed by atoms with Gasteiger partial charge in [0.05, 0.1) is 15.1 Å². The number of hydrogen-bond donors (Lipinski definition) is 2. The molecule has 1 aliphatic rings. The van der Waals surface area contributed by atoms with Gasteiger partial charge in [-0.15, -0.1) is 16.2 Å². The van der Waals surface area contributed by atoms with Crippen LogP contribution in [0.15, 0.2) is 101 Å². The van der Waals surface area contributed by atoms with Crippen LogP contribution < -0.4 is 14.9 Å². The Balaban J connectivity index is 1.12. The van der Waals surface area contributed by atoms with E-state index < -0.39 is 15.9 Å². The Morgan fingerprint density at radius 1 is 0.875 bits per heavy atom. The third-order valence-corrected chi connectivity index (χ3v) is 13.1. The standard InChI is InChI=1S/C41H41N7O5S3/c1-47(2)23-9-8-13-29-19-20-30(25-34(29)45-51)56(52,53)46-39(50)37-36(21-18-27-11-4-3-5-12-27)55-41(43-37)48-24-22-28-14-10-15-31(32(28)26-48)38(49)44-40-42-33-16-6-7-17-35(33)54-40/h3-7,10-12,14-17,19-20,25H,8-9,13,18,21-24,26H2,1-2H3,(H,46,50)(H,42,44,49). The quantitative estimate of drug-likeness (QED) is 0.0783. The van der Waals surface area contributed by atoms with Crippen molar-refractivity contribution in [3.05, 3.63) is 134 Å². The van der Waals surface area contributed by atoms with Gasteiger partial charge in [0.1, 0.15) is 11.4 Å². The number of nitrogens with one attached hydrogen (secondary N) is 2. The summed E-state index contributed by atoms with van der Waals surface area (Å²) in [4.78, 5) is 53.1. The van der Waals surface area contributed by atoms with Gasteiger partial charge in [-0.3, -0.25) is 14.9 Å². The van der Waals surface area contributed by atoms with Crippen LogP contribution in [0.25, 0.3) is 10.2 Å². The highest BCUT2D eigenvalue weighted by Crippen LogP contribution is 2.34. The molecule has 4 aromatic carbocycles. The maximum absolute atomic E-state index is 13.9. The average Bonchev–Trinajstić information content (AvgIpc) is 3.82. The van der Waals surface area contributed by atoms with Crippen molar-refractivity contribution in [1.82, 2.24) is 19.6 Å². The number of fused-ring (bicyclic) bond motifs is 2. The molecule has 12 nitrogen and oxygen atoms in total. The molecule has 3 heterocycles. The lowest BCUT2D eigenvalue weighted by Crippen LogP contribution is -2.33. The van der Waals surface area contributed by atoms with Gasteiger partial charge in [-0.25, -0.2) is 23.1 Å². The molecule has 15 heteroatoms. The molecule has 2 N–H and O–H groups in total. The molecule has 6 aromatic rings. The number of para-hydroxylation sites is 1. The van der Waals surface area contributed by atoms with Gasteiger partial charge in [-0.1, -0.05) is 72.0 Å². The van der Waals surface area contributed by atoms with E-state index in [0.29, 0.717) is 65.0 Å². The molecule has 0 bridgehead atoms. The van der Waals surface area contributed by atoms with E-state index in [4.69, 9.17) is 4.98 Å². The van der Waals surface area contributed by atoms with Crippen molar-refractivity contribution >= 4 is 70.7 Å². The molecular formula is C41H41N7O5S3. The number of carbonyl (C=O) groups is 2. The summed E-state index contributed by atoms with van der Waals surface area (Å²) >= 11 is 2.75. The number of unbranched alkanes of at least 4 members (excludes halogenated alkanes) is 1. The fourth-order valence-corrected chi connectivity index (χ4v) is 9.67. The largest absolute Gasteiger partial charge is 0.343 e. The van der Waals surface area contributed by atoms with Crippen LogP contribution in [-0.2, 0) is 42.3 Å². The van der Waals surface area contributed by atoms with Gasteiger partial charge in [-0.05, 0) is 117 Å². The number of carbonyl (C=O) groups excluding carboxylic acids is 2. The van der Waals surface area contributed by atoms with Crippen LogP contribution in [0.3, 0.4) is 0 Å². The van der Waals surface area contributed by atoms with Gasteiger partial charge < -0.3 is 9.80 Å². The summed E-state index contributed by atoms with van der Waals surface area (Å²) in [7, 11) is -0.409. The van der Waals surface area contributed by atoms with Crippen molar-refractivity contribution in [2.24, 2.45) is 5.18 Å². The molecule has 0 spiro atoms. The molecule has 0 fully saturated rings.